The van der Waals surface area contributed by atoms with Crippen LogP contribution < -0.4 is 0 Å². The Balaban J connectivity index is 1.50. The maximum atomic E-state index is 13.1. The Morgan fingerprint density at radius 2 is 2.00 bits per heavy atom. The molecular weight excluding hydrogens is 439 g/mol. The first-order valence-electron chi connectivity index (χ1n) is 9.77. The number of hydrogen-bond acceptors (Lipinski definition) is 4. The van der Waals surface area contributed by atoms with E-state index in [0.29, 0.717) is 15.8 Å². The molecule has 1 fully saturated rings. The Bertz CT molecular complexity index is 1080. The van der Waals surface area contributed by atoms with Gasteiger partial charge in [0, 0.05) is 24.9 Å². The predicted molar refractivity (Wildman–Crippen MR) is 121 cm³/mol. The number of likely N-dealkylation sites (tertiary alicyclic amines) is 1. The number of hydrogen-bond donors (Lipinski definition) is 0. The quantitative estimate of drug-likeness (QED) is 0.458. The van der Waals surface area contributed by atoms with Gasteiger partial charge in [0.2, 0.25) is 0 Å². The molecule has 1 atom stereocenters. The van der Waals surface area contributed by atoms with Gasteiger partial charge in [-0.3, -0.25) is 4.79 Å². The van der Waals surface area contributed by atoms with E-state index in [1.54, 1.807) is 17.8 Å². The summed E-state index contributed by atoms with van der Waals surface area (Å²) in [6.45, 7) is 2.73. The highest BCUT2D eigenvalue weighted by Gasteiger charge is 2.34. The summed E-state index contributed by atoms with van der Waals surface area (Å²) in [5.41, 5.74) is 2.87. The van der Waals surface area contributed by atoms with Crippen LogP contribution in [0.3, 0.4) is 0 Å². The van der Waals surface area contributed by atoms with Crippen molar-refractivity contribution < 1.29 is 4.79 Å². The lowest BCUT2D eigenvalue weighted by atomic mass is 10.1. The van der Waals surface area contributed by atoms with Crippen LogP contribution in [0.4, 0.5) is 0 Å². The number of thioether (sulfide) groups is 1. The van der Waals surface area contributed by atoms with E-state index in [4.69, 9.17) is 23.2 Å². The standard InChI is InChI=1S/C22H22Cl2N4OS/c1-14-5-3-6-16(11-14)21(29)28-10-4-7-19(28)20-25-26-22(27(20)2)30-13-15-8-9-17(23)18(24)12-15/h3,5-6,8-9,11-12,19H,4,7,10,13H2,1-2H3. The zero-order valence-corrected chi connectivity index (χ0v) is 19.1. The number of carbonyl (C=O) groups excluding carboxylic acids is 1. The van der Waals surface area contributed by atoms with Crippen LogP contribution in [0.1, 0.15) is 46.2 Å². The number of nitrogens with zero attached hydrogens (tertiary/aromatic N) is 4. The van der Waals surface area contributed by atoms with Crippen molar-refractivity contribution in [1.82, 2.24) is 19.7 Å². The van der Waals surface area contributed by atoms with Gasteiger partial charge < -0.3 is 9.47 Å². The molecule has 4 rings (SSSR count). The molecule has 2 heterocycles. The lowest BCUT2D eigenvalue weighted by molar-refractivity contribution is 0.0727. The molecule has 0 saturated carbocycles. The first-order chi connectivity index (χ1) is 14.4. The molecule has 1 aliphatic rings. The normalized spacial score (nSPS) is 16.3. The molecule has 156 valence electrons. The van der Waals surface area contributed by atoms with E-state index in [1.165, 1.54) is 0 Å². The molecule has 1 saturated heterocycles. The van der Waals surface area contributed by atoms with Gasteiger partial charge in [0.25, 0.3) is 5.91 Å². The van der Waals surface area contributed by atoms with Crippen molar-refractivity contribution >= 4 is 40.9 Å². The predicted octanol–water partition coefficient (Wildman–Crippen LogP) is 5.70. The fourth-order valence-electron chi connectivity index (χ4n) is 3.74. The molecule has 0 aliphatic carbocycles. The van der Waals surface area contributed by atoms with Gasteiger partial charge in [-0.25, -0.2) is 0 Å². The van der Waals surface area contributed by atoms with Crippen molar-refractivity contribution in [2.45, 2.75) is 36.7 Å². The van der Waals surface area contributed by atoms with E-state index in [2.05, 4.69) is 10.2 Å². The number of aromatic nitrogens is 3. The number of rotatable bonds is 5. The minimum absolute atomic E-state index is 0.0502. The topological polar surface area (TPSA) is 51.0 Å². The summed E-state index contributed by atoms with van der Waals surface area (Å²) >= 11 is 13.7. The summed E-state index contributed by atoms with van der Waals surface area (Å²) in [6.07, 6.45) is 1.85. The van der Waals surface area contributed by atoms with Crippen molar-refractivity contribution in [2.75, 3.05) is 6.54 Å². The van der Waals surface area contributed by atoms with Gasteiger partial charge in [-0.15, -0.1) is 10.2 Å². The average Bonchev–Trinajstić information content (AvgIpc) is 3.35. The van der Waals surface area contributed by atoms with Crippen LogP contribution in [0.2, 0.25) is 10.0 Å². The van der Waals surface area contributed by atoms with Gasteiger partial charge in [-0.05, 0) is 49.6 Å². The Hall–Kier alpha value is -2.02. The van der Waals surface area contributed by atoms with Crippen molar-refractivity contribution in [3.05, 3.63) is 75.0 Å². The fourth-order valence-corrected chi connectivity index (χ4v) is 4.92. The Labute approximate surface area is 190 Å². The minimum Gasteiger partial charge on any atom is -0.328 e. The zero-order chi connectivity index (χ0) is 21.3. The third-order valence-corrected chi connectivity index (χ3v) is 7.13. The number of carbonyl (C=O) groups is 1. The third-order valence-electron chi connectivity index (χ3n) is 5.30. The van der Waals surface area contributed by atoms with Crippen LogP contribution >= 0.6 is 35.0 Å². The van der Waals surface area contributed by atoms with E-state index >= 15 is 0 Å². The van der Waals surface area contributed by atoms with Crippen molar-refractivity contribution in [1.29, 1.82) is 0 Å². The van der Waals surface area contributed by atoms with Crippen molar-refractivity contribution in [2.24, 2.45) is 7.05 Å². The maximum absolute atomic E-state index is 13.1. The molecule has 0 bridgehead atoms. The zero-order valence-electron chi connectivity index (χ0n) is 16.8. The van der Waals surface area contributed by atoms with Gasteiger partial charge in [0.1, 0.15) is 0 Å². The summed E-state index contributed by atoms with van der Waals surface area (Å²) in [5, 5.41) is 10.7. The van der Waals surface area contributed by atoms with Gasteiger partial charge in [-0.1, -0.05) is 58.7 Å². The van der Waals surface area contributed by atoms with E-state index in [9.17, 15) is 4.79 Å². The highest BCUT2D eigenvalue weighted by molar-refractivity contribution is 7.98. The number of halogens is 2. The molecule has 1 amide bonds. The maximum Gasteiger partial charge on any atom is 0.254 e. The van der Waals surface area contributed by atoms with Crippen LogP contribution in [0.5, 0.6) is 0 Å². The van der Waals surface area contributed by atoms with Gasteiger partial charge in [0.05, 0.1) is 16.1 Å². The SMILES string of the molecule is Cc1cccc(C(=O)N2CCCC2c2nnc(SCc3ccc(Cl)c(Cl)c3)n2C)c1. The monoisotopic (exact) mass is 460 g/mol. The molecular formula is C22H22Cl2N4OS. The summed E-state index contributed by atoms with van der Waals surface area (Å²) < 4.78 is 1.99. The number of amides is 1. The van der Waals surface area contributed by atoms with Gasteiger partial charge >= 0.3 is 0 Å². The second-order valence-corrected chi connectivity index (χ2v) is 9.22. The van der Waals surface area contributed by atoms with E-state index in [0.717, 1.165) is 47.1 Å². The number of aryl methyl sites for hydroxylation is 1. The van der Waals surface area contributed by atoms with E-state index in [1.807, 2.05) is 59.8 Å². The summed E-state index contributed by atoms with van der Waals surface area (Å²) in [4.78, 5) is 15.0. The first-order valence-corrected chi connectivity index (χ1v) is 11.5. The average molecular weight is 461 g/mol. The molecule has 1 aliphatic heterocycles. The highest BCUT2D eigenvalue weighted by atomic mass is 35.5. The molecule has 2 aromatic carbocycles. The molecule has 0 N–H and O–H groups in total. The van der Waals surface area contributed by atoms with E-state index < -0.39 is 0 Å². The van der Waals surface area contributed by atoms with Crippen molar-refractivity contribution in [3.63, 3.8) is 0 Å². The molecule has 5 nitrogen and oxygen atoms in total. The second-order valence-electron chi connectivity index (χ2n) is 7.46. The van der Waals surface area contributed by atoms with Gasteiger partial charge in [-0.2, -0.15) is 0 Å². The molecule has 30 heavy (non-hydrogen) atoms. The van der Waals surface area contributed by atoms with Gasteiger partial charge in [0.15, 0.2) is 11.0 Å². The second kappa shape index (κ2) is 9.00. The largest absolute Gasteiger partial charge is 0.328 e. The summed E-state index contributed by atoms with van der Waals surface area (Å²) in [5.74, 6) is 1.58. The lowest BCUT2D eigenvalue weighted by Gasteiger charge is -2.24. The summed E-state index contributed by atoms with van der Waals surface area (Å²) in [6, 6.07) is 13.3. The van der Waals surface area contributed by atoms with Crippen LogP contribution in [-0.4, -0.2) is 32.1 Å². The van der Waals surface area contributed by atoms with Crippen LogP contribution in [0.25, 0.3) is 0 Å². The molecule has 1 aromatic heterocycles. The lowest BCUT2D eigenvalue weighted by Crippen LogP contribution is -2.32. The molecule has 1 unspecified atom stereocenters. The van der Waals surface area contributed by atoms with Crippen molar-refractivity contribution in [3.8, 4) is 0 Å². The van der Waals surface area contributed by atoms with E-state index in [-0.39, 0.29) is 11.9 Å². The smallest absolute Gasteiger partial charge is 0.254 e. The molecule has 8 heteroatoms. The molecule has 0 spiro atoms. The first kappa shape index (κ1) is 21.2. The Kier molecular flexibility index (Phi) is 6.37. The molecule has 0 radical (unpaired) electrons. The van der Waals surface area contributed by atoms with Crippen LogP contribution in [0.15, 0.2) is 47.6 Å². The Morgan fingerprint density at radius 1 is 1.17 bits per heavy atom. The third kappa shape index (κ3) is 4.36. The fraction of sp³-hybridized carbons (Fsp3) is 0.318. The highest BCUT2D eigenvalue weighted by Crippen LogP contribution is 2.34. The number of benzene rings is 2. The minimum atomic E-state index is -0.0603. The summed E-state index contributed by atoms with van der Waals surface area (Å²) in [7, 11) is 1.96. The molecule has 3 aromatic rings. The Morgan fingerprint density at radius 3 is 2.77 bits per heavy atom. The van der Waals surface area contributed by atoms with Crippen LogP contribution in [-0.2, 0) is 12.8 Å². The van der Waals surface area contributed by atoms with Crippen LogP contribution in [0, 0.1) is 6.92 Å².